The van der Waals surface area contributed by atoms with Gasteiger partial charge in [0.1, 0.15) is 18.5 Å². The van der Waals surface area contributed by atoms with Gasteiger partial charge in [0.05, 0.1) is 0 Å². The Morgan fingerprint density at radius 3 is 2.72 bits per heavy atom. The quantitative estimate of drug-likeness (QED) is 0.828. The van der Waals surface area contributed by atoms with E-state index in [2.05, 4.69) is 19.8 Å². The van der Waals surface area contributed by atoms with Gasteiger partial charge in [-0.25, -0.2) is 0 Å². The van der Waals surface area contributed by atoms with Crippen molar-refractivity contribution in [2.75, 3.05) is 50.0 Å². The molecule has 0 bridgehead atoms. The molecule has 132 valence electrons. The Morgan fingerprint density at radius 2 is 1.96 bits per heavy atom. The molecule has 4 rings (SSSR count). The van der Waals surface area contributed by atoms with Crippen LogP contribution in [0, 0.1) is 0 Å². The van der Waals surface area contributed by atoms with Gasteiger partial charge in [-0.15, -0.1) is 0 Å². The van der Waals surface area contributed by atoms with Crippen LogP contribution in [0.4, 0.5) is 11.8 Å². The van der Waals surface area contributed by atoms with Gasteiger partial charge >= 0.3 is 0 Å². The number of nitrogens with one attached hydrogen (secondary N) is 1. The zero-order valence-electron chi connectivity index (χ0n) is 13.9. The molecule has 25 heavy (non-hydrogen) atoms. The molecule has 2 aliphatic heterocycles. The second-order valence-corrected chi connectivity index (χ2v) is 6.27. The highest BCUT2D eigenvalue weighted by molar-refractivity contribution is 5.42. The lowest BCUT2D eigenvalue weighted by molar-refractivity contribution is 0.0571. The highest BCUT2D eigenvalue weighted by Crippen LogP contribution is 2.31. The van der Waals surface area contributed by atoms with Gasteiger partial charge in [0.25, 0.3) is 5.56 Å². The van der Waals surface area contributed by atoms with Crippen molar-refractivity contribution in [3.05, 3.63) is 40.7 Å². The van der Waals surface area contributed by atoms with Crippen LogP contribution in [-0.2, 0) is 0 Å². The lowest BCUT2D eigenvalue weighted by atomic mass is 10.2. The number of aromatic nitrogens is 2. The summed E-state index contributed by atoms with van der Waals surface area (Å²) in [5.74, 6) is 2.39. The van der Waals surface area contributed by atoms with Gasteiger partial charge in [-0.05, 0) is 12.1 Å². The van der Waals surface area contributed by atoms with Crippen LogP contribution in [-0.4, -0.2) is 60.3 Å². The molecular weight excluding hydrogens is 322 g/mol. The monoisotopic (exact) mass is 343 g/mol. The highest BCUT2D eigenvalue weighted by Gasteiger charge is 2.25. The molecule has 8 heteroatoms. The van der Waals surface area contributed by atoms with Crippen molar-refractivity contribution >= 4 is 11.8 Å². The van der Waals surface area contributed by atoms with Crippen LogP contribution in [0.25, 0.3) is 0 Å². The third kappa shape index (κ3) is 3.53. The lowest BCUT2D eigenvalue weighted by Crippen LogP contribution is -2.51. The number of benzene rings is 1. The SMILES string of the molecule is Nc1nc(N2CCN(C[C@H]3COc4ccccc4O3)CC2)cc(=O)[nH]1. The number of fused-ring (bicyclic) bond motifs is 1. The predicted molar refractivity (Wildman–Crippen MR) is 94.3 cm³/mol. The van der Waals surface area contributed by atoms with Crippen LogP contribution < -0.4 is 25.7 Å². The zero-order chi connectivity index (χ0) is 17.2. The molecule has 3 N–H and O–H groups in total. The smallest absolute Gasteiger partial charge is 0.254 e. The van der Waals surface area contributed by atoms with Crippen molar-refractivity contribution in [3.8, 4) is 11.5 Å². The first-order chi connectivity index (χ1) is 12.2. The van der Waals surface area contributed by atoms with E-state index in [9.17, 15) is 4.79 Å². The summed E-state index contributed by atoms with van der Waals surface area (Å²) in [4.78, 5) is 22.6. The van der Waals surface area contributed by atoms with Gasteiger partial charge in [0.15, 0.2) is 11.5 Å². The van der Waals surface area contributed by atoms with E-state index in [0.717, 1.165) is 44.2 Å². The number of piperazine rings is 1. The Hall–Kier alpha value is -2.74. The number of nitrogens with two attached hydrogens (primary N) is 1. The van der Waals surface area contributed by atoms with E-state index in [4.69, 9.17) is 15.2 Å². The van der Waals surface area contributed by atoms with Crippen LogP contribution in [0.15, 0.2) is 35.1 Å². The van der Waals surface area contributed by atoms with Crippen LogP contribution in [0.3, 0.4) is 0 Å². The van der Waals surface area contributed by atoms with Gasteiger partial charge in [-0.2, -0.15) is 4.98 Å². The number of H-pyrrole nitrogens is 1. The first kappa shape index (κ1) is 15.8. The molecule has 1 aromatic heterocycles. The topological polar surface area (TPSA) is 96.7 Å². The molecular formula is C17H21N5O3. The van der Waals surface area contributed by atoms with E-state index in [-0.39, 0.29) is 17.6 Å². The minimum atomic E-state index is -0.226. The summed E-state index contributed by atoms with van der Waals surface area (Å²) in [5, 5.41) is 0. The van der Waals surface area contributed by atoms with E-state index in [1.807, 2.05) is 24.3 Å². The maximum absolute atomic E-state index is 11.5. The maximum atomic E-state index is 11.5. The van der Waals surface area contributed by atoms with Crippen LogP contribution in [0.1, 0.15) is 0 Å². The molecule has 0 radical (unpaired) electrons. The molecule has 1 atom stereocenters. The Morgan fingerprint density at radius 1 is 1.20 bits per heavy atom. The number of para-hydroxylation sites is 2. The molecule has 2 aromatic rings. The van der Waals surface area contributed by atoms with E-state index in [0.29, 0.717) is 12.4 Å². The van der Waals surface area contributed by atoms with Gasteiger partial charge in [0, 0.05) is 38.8 Å². The fraction of sp³-hybridized carbons (Fsp3) is 0.412. The summed E-state index contributed by atoms with van der Waals surface area (Å²) in [6.45, 7) is 4.70. The molecule has 0 spiro atoms. The Kier molecular flexibility index (Phi) is 4.19. The van der Waals surface area contributed by atoms with Gasteiger partial charge in [-0.1, -0.05) is 12.1 Å². The molecule has 0 amide bonds. The fourth-order valence-corrected chi connectivity index (χ4v) is 3.23. The summed E-state index contributed by atoms with van der Waals surface area (Å²) >= 11 is 0. The van der Waals surface area contributed by atoms with Gasteiger partial charge in [-0.3, -0.25) is 14.7 Å². The fourth-order valence-electron chi connectivity index (χ4n) is 3.23. The Labute approximate surface area is 145 Å². The molecule has 3 heterocycles. The van der Waals surface area contributed by atoms with Crippen LogP contribution in [0.5, 0.6) is 11.5 Å². The first-order valence-corrected chi connectivity index (χ1v) is 8.40. The normalized spacial score (nSPS) is 20.5. The van der Waals surface area contributed by atoms with Crippen molar-refractivity contribution in [2.45, 2.75) is 6.10 Å². The molecule has 1 saturated heterocycles. The number of aromatic amines is 1. The second-order valence-electron chi connectivity index (χ2n) is 6.27. The number of nitrogen functional groups attached to an aromatic ring is 1. The highest BCUT2D eigenvalue weighted by atomic mass is 16.6. The largest absolute Gasteiger partial charge is 0.486 e. The standard InChI is InChI=1S/C17H21N5O3/c18-17-19-15(9-16(23)20-17)22-7-5-21(6-8-22)10-12-11-24-13-3-1-2-4-14(13)25-12/h1-4,9,12H,5-8,10-11H2,(H3,18,19,20,23)/t12-/m0/s1. The van der Waals surface area contributed by atoms with Crippen molar-refractivity contribution in [1.82, 2.24) is 14.9 Å². The molecule has 2 aliphatic rings. The minimum Gasteiger partial charge on any atom is -0.486 e. The molecule has 1 aromatic carbocycles. The maximum Gasteiger partial charge on any atom is 0.254 e. The molecule has 8 nitrogen and oxygen atoms in total. The zero-order valence-corrected chi connectivity index (χ0v) is 13.9. The van der Waals surface area contributed by atoms with E-state index in [1.54, 1.807) is 0 Å². The number of hydrogen-bond donors (Lipinski definition) is 2. The summed E-state index contributed by atoms with van der Waals surface area (Å²) in [7, 11) is 0. The number of anilines is 2. The number of ether oxygens (including phenoxy) is 2. The van der Waals surface area contributed by atoms with Crippen molar-refractivity contribution in [1.29, 1.82) is 0 Å². The number of hydrogen-bond acceptors (Lipinski definition) is 7. The van der Waals surface area contributed by atoms with E-state index in [1.165, 1.54) is 6.07 Å². The van der Waals surface area contributed by atoms with Crippen molar-refractivity contribution in [2.24, 2.45) is 0 Å². The lowest BCUT2D eigenvalue weighted by Gasteiger charge is -2.37. The molecule has 0 aliphatic carbocycles. The summed E-state index contributed by atoms with van der Waals surface area (Å²) in [6, 6.07) is 9.23. The summed E-state index contributed by atoms with van der Waals surface area (Å²) < 4.78 is 11.8. The van der Waals surface area contributed by atoms with Crippen molar-refractivity contribution < 1.29 is 9.47 Å². The third-order valence-corrected chi connectivity index (χ3v) is 4.47. The molecule has 1 fully saturated rings. The van der Waals surface area contributed by atoms with E-state index >= 15 is 0 Å². The van der Waals surface area contributed by atoms with Crippen LogP contribution in [0.2, 0.25) is 0 Å². The number of nitrogens with zero attached hydrogens (tertiary/aromatic N) is 3. The predicted octanol–water partition coefficient (Wildman–Crippen LogP) is 0.314. The average Bonchev–Trinajstić information content (AvgIpc) is 2.61. The Bertz CT molecular complexity index is 801. The van der Waals surface area contributed by atoms with Crippen molar-refractivity contribution in [3.63, 3.8) is 0 Å². The number of rotatable bonds is 3. The van der Waals surface area contributed by atoms with E-state index < -0.39 is 0 Å². The Balaban J connectivity index is 1.33. The van der Waals surface area contributed by atoms with Crippen LogP contribution >= 0.6 is 0 Å². The average molecular weight is 343 g/mol. The molecule has 0 unspecified atom stereocenters. The summed E-state index contributed by atoms with van der Waals surface area (Å²) in [6.07, 6.45) is 0.0230. The minimum absolute atomic E-state index is 0.0230. The molecule has 0 saturated carbocycles. The first-order valence-electron chi connectivity index (χ1n) is 8.40. The third-order valence-electron chi connectivity index (χ3n) is 4.47. The summed E-state index contributed by atoms with van der Waals surface area (Å²) in [5.41, 5.74) is 5.40. The van der Waals surface area contributed by atoms with Gasteiger partial charge < -0.3 is 20.1 Å². The second kappa shape index (κ2) is 6.64. The van der Waals surface area contributed by atoms with Gasteiger partial charge in [0.2, 0.25) is 5.95 Å².